The number of aryl methyl sites for hydroxylation is 1. The lowest BCUT2D eigenvalue weighted by atomic mass is 10.0. The van der Waals surface area contributed by atoms with Crippen molar-refractivity contribution < 1.29 is 19.8 Å². The molecule has 0 saturated heterocycles. The monoisotopic (exact) mass is 567 g/mol. The highest BCUT2D eigenvalue weighted by Gasteiger charge is 2.15. The lowest BCUT2D eigenvalue weighted by molar-refractivity contribution is 0.0686. The average molecular weight is 568 g/mol. The minimum Gasteiger partial charge on any atom is -0.478 e. The van der Waals surface area contributed by atoms with E-state index in [-0.39, 0.29) is 22.5 Å². The van der Waals surface area contributed by atoms with Crippen LogP contribution in [0, 0.1) is 11.8 Å². The Bertz CT molecular complexity index is 1780. The van der Waals surface area contributed by atoms with E-state index in [2.05, 4.69) is 45.2 Å². The lowest BCUT2D eigenvalue weighted by Gasteiger charge is -2.07. The van der Waals surface area contributed by atoms with E-state index in [1.165, 1.54) is 64.7 Å². The minimum absolute atomic E-state index is 0.00724. The summed E-state index contributed by atoms with van der Waals surface area (Å²) in [6, 6.07) is 11.3. The molecule has 7 nitrogen and oxygen atoms in total. The van der Waals surface area contributed by atoms with E-state index in [9.17, 15) is 19.8 Å². The number of pyridine rings is 3. The number of carboxylic acids is 2. The van der Waals surface area contributed by atoms with Crippen LogP contribution in [0.5, 0.6) is 0 Å². The standard InChI is InChI=1S/C31H25N3O4S2/c1-2-3-4-5-6-22-23-11-14-39-31(23)40-28(22)8-7-19-9-12-32-24(15-19)26-17-21(30(37)38)18-27(34-26)25-16-20(29(35)36)10-13-33-25/h9-18H,2-6H2,1H3,(H,35,36)(H,37,38). The van der Waals surface area contributed by atoms with Crippen LogP contribution in [0.25, 0.3) is 32.2 Å². The molecule has 9 heteroatoms. The number of carboxylic acid groups (broad SMARTS) is 2. The van der Waals surface area contributed by atoms with Crippen LogP contribution in [0.2, 0.25) is 0 Å². The molecule has 5 heterocycles. The van der Waals surface area contributed by atoms with Crippen LogP contribution in [0.4, 0.5) is 0 Å². The van der Waals surface area contributed by atoms with Gasteiger partial charge in [0.25, 0.3) is 0 Å². The Labute approximate surface area is 239 Å². The van der Waals surface area contributed by atoms with Crippen molar-refractivity contribution in [1.82, 2.24) is 15.0 Å². The summed E-state index contributed by atoms with van der Waals surface area (Å²) in [5, 5.41) is 22.5. The van der Waals surface area contributed by atoms with Gasteiger partial charge in [0.1, 0.15) is 0 Å². The van der Waals surface area contributed by atoms with E-state index < -0.39 is 11.9 Å². The van der Waals surface area contributed by atoms with Crippen molar-refractivity contribution in [1.29, 1.82) is 0 Å². The van der Waals surface area contributed by atoms with Crippen molar-refractivity contribution in [3.63, 3.8) is 0 Å². The van der Waals surface area contributed by atoms with Gasteiger partial charge < -0.3 is 10.2 Å². The fourth-order valence-electron chi connectivity index (χ4n) is 4.35. The second-order valence-electron chi connectivity index (χ2n) is 9.19. The Hall–Kier alpha value is -4.39. The lowest BCUT2D eigenvalue weighted by Crippen LogP contribution is -2.02. The van der Waals surface area contributed by atoms with Crippen LogP contribution in [-0.4, -0.2) is 37.1 Å². The molecule has 200 valence electrons. The Morgan fingerprint density at radius 2 is 1.52 bits per heavy atom. The fourth-order valence-corrected chi connectivity index (χ4v) is 6.53. The van der Waals surface area contributed by atoms with Crippen LogP contribution in [0.15, 0.2) is 60.2 Å². The number of aromatic nitrogens is 3. The maximum atomic E-state index is 11.9. The van der Waals surface area contributed by atoms with Crippen LogP contribution >= 0.6 is 22.7 Å². The molecule has 2 N–H and O–H groups in total. The second kappa shape index (κ2) is 12.2. The summed E-state index contributed by atoms with van der Waals surface area (Å²) in [7, 11) is 0. The number of hydrogen-bond acceptors (Lipinski definition) is 7. The van der Waals surface area contributed by atoms with E-state index in [4.69, 9.17) is 0 Å². The third-order valence-electron chi connectivity index (χ3n) is 6.39. The molecule has 40 heavy (non-hydrogen) atoms. The van der Waals surface area contributed by atoms with Gasteiger partial charge in [0.2, 0.25) is 0 Å². The number of aromatic carboxylic acids is 2. The second-order valence-corrected chi connectivity index (χ2v) is 11.4. The Morgan fingerprint density at radius 3 is 2.25 bits per heavy atom. The fraction of sp³-hybridized carbons (Fsp3) is 0.194. The van der Waals surface area contributed by atoms with Gasteiger partial charge in [-0.15, -0.1) is 22.7 Å². The molecule has 0 unspecified atom stereocenters. The maximum Gasteiger partial charge on any atom is 0.335 e. The molecular weight excluding hydrogens is 542 g/mol. The minimum atomic E-state index is -1.14. The summed E-state index contributed by atoms with van der Waals surface area (Å²) < 4.78 is 1.29. The first-order chi connectivity index (χ1) is 19.4. The Morgan fingerprint density at radius 1 is 0.825 bits per heavy atom. The molecule has 0 fully saturated rings. The molecule has 0 aliphatic heterocycles. The molecule has 0 bridgehead atoms. The van der Waals surface area contributed by atoms with Crippen molar-refractivity contribution in [2.24, 2.45) is 0 Å². The van der Waals surface area contributed by atoms with Crippen molar-refractivity contribution in [2.75, 3.05) is 0 Å². The smallest absolute Gasteiger partial charge is 0.335 e. The number of rotatable bonds is 9. The summed E-state index contributed by atoms with van der Waals surface area (Å²) in [5.41, 5.74) is 3.35. The predicted octanol–water partition coefficient (Wildman–Crippen LogP) is 7.40. The van der Waals surface area contributed by atoms with E-state index in [0.29, 0.717) is 11.4 Å². The van der Waals surface area contributed by atoms with Gasteiger partial charge in [0.15, 0.2) is 0 Å². The summed E-state index contributed by atoms with van der Waals surface area (Å²) in [6.45, 7) is 2.21. The average Bonchev–Trinajstić information content (AvgIpc) is 3.56. The van der Waals surface area contributed by atoms with Gasteiger partial charge in [-0.1, -0.05) is 38.0 Å². The first-order valence-corrected chi connectivity index (χ1v) is 14.5. The van der Waals surface area contributed by atoms with Gasteiger partial charge in [-0.05, 0) is 66.2 Å². The molecule has 5 aromatic rings. The highest BCUT2D eigenvalue weighted by Crippen LogP contribution is 2.36. The highest BCUT2D eigenvalue weighted by molar-refractivity contribution is 7.37. The van der Waals surface area contributed by atoms with Gasteiger partial charge in [0.05, 0.1) is 42.8 Å². The normalized spacial score (nSPS) is 10.8. The predicted molar refractivity (Wildman–Crippen MR) is 158 cm³/mol. The summed E-state index contributed by atoms with van der Waals surface area (Å²) >= 11 is 3.46. The summed E-state index contributed by atoms with van der Waals surface area (Å²) in [6.07, 6.45) is 8.77. The number of carbonyl (C=O) groups is 2. The number of unbranched alkanes of at least 4 members (excludes halogenated alkanes) is 3. The number of thiophene rings is 2. The molecule has 0 aliphatic carbocycles. The molecule has 0 saturated carbocycles. The molecule has 5 rings (SSSR count). The Balaban J connectivity index is 1.49. The maximum absolute atomic E-state index is 11.9. The van der Waals surface area contributed by atoms with Gasteiger partial charge in [-0.2, -0.15) is 0 Å². The topological polar surface area (TPSA) is 113 Å². The highest BCUT2D eigenvalue weighted by atomic mass is 32.2. The molecule has 5 aromatic heterocycles. The SMILES string of the molecule is CCCCCCc1c(C#Cc2ccnc(-c3cc(C(=O)O)cc(-c4cc(C(=O)O)ccn4)n3)c2)sc2sccc12. The first kappa shape index (κ1) is 27.2. The largest absolute Gasteiger partial charge is 0.478 e. The van der Waals surface area contributed by atoms with Crippen molar-refractivity contribution >= 4 is 44.0 Å². The zero-order valence-electron chi connectivity index (χ0n) is 21.7. The number of hydrogen-bond donors (Lipinski definition) is 2. The van der Waals surface area contributed by atoms with E-state index in [1.54, 1.807) is 34.9 Å². The first-order valence-electron chi connectivity index (χ1n) is 12.9. The van der Waals surface area contributed by atoms with E-state index >= 15 is 0 Å². The molecule has 0 aromatic carbocycles. The van der Waals surface area contributed by atoms with E-state index in [1.807, 2.05) is 6.07 Å². The molecule has 0 radical (unpaired) electrons. The Kier molecular flexibility index (Phi) is 8.29. The van der Waals surface area contributed by atoms with Crippen LogP contribution in [0.1, 0.15) is 69.3 Å². The van der Waals surface area contributed by atoms with Crippen LogP contribution < -0.4 is 0 Å². The molecule has 0 amide bonds. The van der Waals surface area contributed by atoms with Gasteiger partial charge in [0, 0.05) is 23.3 Å². The quantitative estimate of drug-likeness (QED) is 0.141. The number of nitrogens with zero attached hydrogens (tertiary/aromatic N) is 3. The molecule has 0 aliphatic rings. The third kappa shape index (κ3) is 6.09. The molecule has 0 atom stereocenters. The van der Waals surface area contributed by atoms with Crippen molar-refractivity contribution in [2.45, 2.75) is 39.0 Å². The zero-order chi connectivity index (χ0) is 28.1. The number of fused-ring (bicyclic) bond motifs is 1. The molecular formula is C31H25N3O4S2. The zero-order valence-corrected chi connectivity index (χ0v) is 23.3. The summed E-state index contributed by atoms with van der Waals surface area (Å²) in [5.74, 6) is 4.40. The van der Waals surface area contributed by atoms with E-state index in [0.717, 1.165) is 23.3 Å². The molecule has 0 spiro atoms. The van der Waals surface area contributed by atoms with Crippen molar-refractivity contribution in [3.05, 3.63) is 87.4 Å². The summed E-state index contributed by atoms with van der Waals surface area (Å²) in [4.78, 5) is 37.6. The van der Waals surface area contributed by atoms with Crippen molar-refractivity contribution in [3.8, 4) is 34.6 Å². The third-order valence-corrected chi connectivity index (χ3v) is 8.59. The van der Waals surface area contributed by atoms with Gasteiger partial charge in [-0.25, -0.2) is 14.6 Å². The van der Waals surface area contributed by atoms with Gasteiger partial charge in [-0.3, -0.25) is 9.97 Å². The van der Waals surface area contributed by atoms with Crippen LogP contribution in [-0.2, 0) is 6.42 Å². The van der Waals surface area contributed by atoms with Gasteiger partial charge >= 0.3 is 11.9 Å². The van der Waals surface area contributed by atoms with Crippen LogP contribution in [0.3, 0.4) is 0 Å².